The van der Waals surface area contributed by atoms with Crippen LogP contribution >= 0.6 is 0 Å². The van der Waals surface area contributed by atoms with Gasteiger partial charge in [0.25, 0.3) is 0 Å². The molecule has 1 aliphatic heterocycles. The van der Waals surface area contributed by atoms with E-state index >= 15 is 0 Å². The summed E-state index contributed by atoms with van der Waals surface area (Å²) >= 11 is 0. The maximum absolute atomic E-state index is 13.1. The Morgan fingerprint density at radius 3 is 2.73 bits per heavy atom. The predicted molar refractivity (Wildman–Crippen MR) is 99.5 cm³/mol. The summed E-state index contributed by atoms with van der Waals surface area (Å²) in [7, 11) is 1.68. The lowest BCUT2D eigenvalue weighted by Gasteiger charge is -2.58. The topological polar surface area (TPSA) is 61.8 Å². The third kappa shape index (κ3) is 2.59. The number of aliphatic hydroxyl groups is 1. The molecule has 140 valence electrons. The largest absolute Gasteiger partial charge is 0.497 e. The number of amides is 2. The Balaban J connectivity index is 1.34. The lowest BCUT2D eigenvalue weighted by Crippen LogP contribution is -2.63. The predicted octanol–water partition coefficient (Wildman–Crippen LogP) is 3.10. The Morgan fingerprint density at radius 2 is 2.04 bits per heavy atom. The summed E-state index contributed by atoms with van der Waals surface area (Å²) in [6.45, 7) is 0.764. The highest BCUT2D eigenvalue weighted by Gasteiger charge is 2.55. The molecule has 26 heavy (non-hydrogen) atoms. The molecule has 1 aromatic carbocycles. The van der Waals surface area contributed by atoms with Crippen LogP contribution in [0.3, 0.4) is 0 Å². The highest BCUT2D eigenvalue weighted by molar-refractivity contribution is 5.93. The molecule has 4 fully saturated rings. The van der Waals surface area contributed by atoms with Crippen LogP contribution in [0.25, 0.3) is 0 Å². The number of carbonyl (C=O) groups excluding carboxylic acids is 1. The Bertz CT molecular complexity index is 718. The summed E-state index contributed by atoms with van der Waals surface area (Å²) in [6, 6.07) is 6.24. The number of fused-ring (bicyclic) bond motifs is 1. The Morgan fingerprint density at radius 1 is 1.27 bits per heavy atom. The van der Waals surface area contributed by atoms with Gasteiger partial charge in [-0.25, -0.2) is 4.79 Å². The molecule has 5 aliphatic rings. The zero-order valence-electron chi connectivity index (χ0n) is 15.4. The fourth-order valence-corrected chi connectivity index (χ4v) is 6.35. The minimum absolute atomic E-state index is 0.0283. The van der Waals surface area contributed by atoms with E-state index in [1.54, 1.807) is 7.11 Å². The molecule has 2 unspecified atom stereocenters. The van der Waals surface area contributed by atoms with Crippen molar-refractivity contribution < 1.29 is 14.6 Å². The number of ether oxygens (including phenoxy) is 1. The smallest absolute Gasteiger partial charge is 0.322 e. The minimum Gasteiger partial charge on any atom is -0.497 e. The van der Waals surface area contributed by atoms with Gasteiger partial charge in [-0.3, -0.25) is 4.90 Å². The first-order valence-corrected chi connectivity index (χ1v) is 10.0. The molecule has 0 radical (unpaired) electrons. The van der Waals surface area contributed by atoms with Crippen molar-refractivity contribution in [3.63, 3.8) is 0 Å². The standard InChI is InChI=1S/C21H28N2O3/c1-26-17-4-5-18-14(9-17)3-2-6-23(18)20(24)22-19-15-7-13-8-16(19)12-21(25,10-13)11-15/h4-5,9,13,15-16,19,25H,2-3,6-8,10-12H2,1H3,(H,22,24)/t13?,15?,16?,19-,21-. The molecule has 6 rings (SSSR count). The van der Waals surface area contributed by atoms with Crippen LogP contribution in [0.1, 0.15) is 44.1 Å². The van der Waals surface area contributed by atoms with Gasteiger partial charge < -0.3 is 15.2 Å². The zero-order valence-corrected chi connectivity index (χ0v) is 15.4. The minimum atomic E-state index is -0.452. The third-order valence-electron chi connectivity index (χ3n) is 7.18. The number of anilines is 1. The van der Waals surface area contributed by atoms with Gasteiger partial charge in [-0.2, -0.15) is 0 Å². The average Bonchev–Trinajstić information content (AvgIpc) is 2.62. The molecule has 2 N–H and O–H groups in total. The number of rotatable bonds is 2. The van der Waals surface area contributed by atoms with Crippen molar-refractivity contribution in [3.05, 3.63) is 23.8 Å². The van der Waals surface area contributed by atoms with Gasteiger partial charge in [0.1, 0.15) is 5.75 Å². The molecule has 0 spiro atoms. The van der Waals surface area contributed by atoms with Crippen LogP contribution in [0.2, 0.25) is 0 Å². The highest BCUT2D eigenvalue weighted by atomic mass is 16.5. The summed E-state index contributed by atoms with van der Waals surface area (Å²) in [6.07, 6.45) is 6.99. The Kier molecular flexibility index (Phi) is 3.71. The number of methoxy groups -OCH3 is 1. The van der Waals surface area contributed by atoms with E-state index in [1.165, 1.54) is 5.56 Å². The van der Waals surface area contributed by atoms with Gasteiger partial charge in [0, 0.05) is 18.3 Å². The van der Waals surface area contributed by atoms with Crippen LogP contribution < -0.4 is 15.0 Å². The quantitative estimate of drug-likeness (QED) is 0.856. The van der Waals surface area contributed by atoms with Gasteiger partial charge in [-0.05, 0) is 86.5 Å². The molecule has 4 saturated carbocycles. The van der Waals surface area contributed by atoms with E-state index in [-0.39, 0.29) is 12.1 Å². The maximum atomic E-state index is 13.1. The van der Waals surface area contributed by atoms with Crippen LogP contribution in [0.4, 0.5) is 10.5 Å². The lowest BCUT2D eigenvalue weighted by molar-refractivity contribution is -0.136. The fraction of sp³-hybridized carbons (Fsp3) is 0.667. The molecule has 4 aliphatic carbocycles. The molecule has 1 heterocycles. The summed E-state index contributed by atoms with van der Waals surface area (Å²) in [5.74, 6) is 2.39. The number of carbonyl (C=O) groups is 1. The van der Waals surface area contributed by atoms with E-state index in [9.17, 15) is 9.90 Å². The summed E-state index contributed by atoms with van der Waals surface area (Å²) in [5, 5.41) is 14.1. The molecule has 5 nitrogen and oxygen atoms in total. The maximum Gasteiger partial charge on any atom is 0.322 e. The summed E-state index contributed by atoms with van der Waals surface area (Å²) in [5.41, 5.74) is 1.74. The molecular weight excluding hydrogens is 328 g/mol. The monoisotopic (exact) mass is 356 g/mol. The number of hydrogen-bond acceptors (Lipinski definition) is 3. The van der Waals surface area contributed by atoms with Crippen LogP contribution in [0.5, 0.6) is 5.75 Å². The van der Waals surface area contributed by atoms with Crippen molar-refractivity contribution in [3.8, 4) is 5.75 Å². The second-order valence-electron chi connectivity index (χ2n) is 8.92. The number of urea groups is 1. The number of nitrogens with one attached hydrogen (secondary N) is 1. The molecular formula is C21H28N2O3. The molecule has 2 atom stereocenters. The van der Waals surface area contributed by atoms with Gasteiger partial charge in [0.2, 0.25) is 0 Å². The summed E-state index contributed by atoms with van der Waals surface area (Å²) < 4.78 is 5.33. The first-order valence-electron chi connectivity index (χ1n) is 10.0. The number of nitrogens with zero attached hydrogens (tertiary/aromatic N) is 1. The second kappa shape index (κ2) is 5.88. The van der Waals surface area contributed by atoms with Crippen molar-refractivity contribution in [1.82, 2.24) is 5.32 Å². The first kappa shape index (κ1) is 16.4. The van der Waals surface area contributed by atoms with Crippen molar-refractivity contribution in [1.29, 1.82) is 0 Å². The second-order valence-corrected chi connectivity index (χ2v) is 8.92. The summed E-state index contributed by atoms with van der Waals surface area (Å²) in [4.78, 5) is 15.0. The Hall–Kier alpha value is -1.75. The van der Waals surface area contributed by atoms with E-state index in [0.29, 0.717) is 17.8 Å². The van der Waals surface area contributed by atoms with Crippen molar-refractivity contribution in [2.24, 2.45) is 17.8 Å². The Labute approximate surface area is 154 Å². The van der Waals surface area contributed by atoms with Crippen LogP contribution in [-0.4, -0.2) is 36.4 Å². The molecule has 0 aromatic heterocycles. The molecule has 4 bridgehead atoms. The van der Waals surface area contributed by atoms with Gasteiger partial charge in [0.05, 0.1) is 12.7 Å². The van der Waals surface area contributed by atoms with Crippen LogP contribution in [0, 0.1) is 17.8 Å². The highest BCUT2D eigenvalue weighted by Crippen LogP contribution is 2.55. The van der Waals surface area contributed by atoms with E-state index in [4.69, 9.17) is 4.74 Å². The van der Waals surface area contributed by atoms with Crippen LogP contribution in [-0.2, 0) is 6.42 Å². The molecule has 5 heteroatoms. The van der Waals surface area contributed by atoms with E-state index in [0.717, 1.165) is 62.9 Å². The van der Waals surface area contributed by atoms with Crippen LogP contribution in [0.15, 0.2) is 18.2 Å². The fourth-order valence-electron chi connectivity index (χ4n) is 6.35. The van der Waals surface area contributed by atoms with Crippen molar-refractivity contribution in [2.75, 3.05) is 18.6 Å². The lowest BCUT2D eigenvalue weighted by atomic mass is 9.52. The molecule has 0 saturated heterocycles. The van der Waals surface area contributed by atoms with Gasteiger partial charge in [-0.15, -0.1) is 0 Å². The molecule has 1 aromatic rings. The third-order valence-corrected chi connectivity index (χ3v) is 7.18. The van der Waals surface area contributed by atoms with E-state index in [2.05, 4.69) is 5.32 Å². The van der Waals surface area contributed by atoms with Gasteiger partial charge in [-0.1, -0.05) is 0 Å². The van der Waals surface area contributed by atoms with Gasteiger partial charge in [0.15, 0.2) is 0 Å². The number of hydrogen-bond donors (Lipinski definition) is 2. The van der Waals surface area contributed by atoms with E-state index in [1.807, 2.05) is 23.1 Å². The van der Waals surface area contributed by atoms with Crippen molar-refractivity contribution in [2.45, 2.75) is 56.6 Å². The number of aryl methyl sites for hydroxylation is 1. The van der Waals surface area contributed by atoms with Crippen molar-refractivity contribution >= 4 is 11.7 Å². The molecule has 2 amide bonds. The zero-order chi connectivity index (χ0) is 17.9. The normalized spacial score (nSPS) is 37.4. The average molecular weight is 356 g/mol. The van der Waals surface area contributed by atoms with Gasteiger partial charge >= 0.3 is 6.03 Å². The van der Waals surface area contributed by atoms with E-state index < -0.39 is 5.60 Å². The SMILES string of the molecule is COc1ccc2c(c1)CCCN2C(=O)N[C@H]1C2CC3CC1C[C@](O)(C3)C2. The number of benzene rings is 1. The first-order chi connectivity index (χ1) is 12.5.